The number of benzene rings is 2. The number of hydrogen-bond acceptors (Lipinski definition) is 5. The van der Waals surface area contributed by atoms with Gasteiger partial charge in [0.15, 0.2) is 0 Å². The fourth-order valence-corrected chi connectivity index (χ4v) is 2.97. The van der Waals surface area contributed by atoms with Crippen LogP contribution in [0.2, 0.25) is 0 Å². The highest BCUT2D eigenvalue weighted by molar-refractivity contribution is 5.82. The minimum Gasteiger partial charge on any atom is -0.408 e. The molecule has 0 saturated carbocycles. The van der Waals surface area contributed by atoms with Gasteiger partial charge >= 0.3 is 6.01 Å². The molecule has 5 heteroatoms. The summed E-state index contributed by atoms with van der Waals surface area (Å²) in [4.78, 5) is 12.7. The number of Topliss-reactive ketones (excluding diaryl/α,β-unsaturated/α-hetero) is 1. The molecule has 26 heavy (non-hydrogen) atoms. The lowest BCUT2D eigenvalue weighted by Crippen LogP contribution is -2.11. The summed E-state index contributed by atoms with van der Waals surface area (Å²) in [5.41, 5.74) is 8.80. The Morgan fingerprint density at radius 3 is 2.27 bits per heavy atom. The summed E-state index contributed by atoms with van der Waals surface area (Å²) < 4.78 is 5.40. The van der Waals surface area contributed by atoms with Crippen LogP contribution < -0.4 is 5.73 Å². The van der Waals surface area contributed by atoms with Gasteiger partial charge in [-0.3, -0.25) is 4.79 Å². The fraction of sp³-hybridized carbons (Fsp3) is 0.286. The lowest BCUT2D eigenvalue weighted by molar-refractivity contribution is -0.118. The molecule has 0 aliphatic rings. The number of rotatable bonds is 7. The van der Waals surface area contributed by atoms with Gasteiger partial charge in [-0.1, -0.05) is 73.5 Å². The average molecular weight is 349 g/mol. The van der Waals surface area contributed by atoms with E-state index in [9.17, 15) is 4.79 Å². The molecule has 0 bridgehead atoms. The van der Waals surface area contributed by atoms with Crippen molar-refractivity contribution in [3.8, 4) is 0 Å². The van der Waals surface area contributed by atoms with E-state index in [4.69, 9.17) is 10.2 Å². The first-order chi connectivity index (χ1) is 12.5. The van der Waals surface area contributed by atoms with Crippen molar-refractivity contribution >= 4 is 11.8 Å². The minimum absolute atomic E-state index is 0.0117. The molecule has 3 aromatic rings. The molecule has 1 aromatic heterocycles. The second-order valence-corrected chi connectivity index (χ2v) is 6.76. The molecule has 3 rings (SSSR count). The van der Waals surface area contributed by atoms with Gasteiger partial charge in [-0.05, 0) is 22.6 Å². The van der Waals surface area contributed by atoms with Crippen molar-refractivity contribution in [1.29, 1.82) is 0 Å². The largest absolute Gasteiger partial charge is 0.408 e. The first-order valence-electron chi connectivity index (χ1n) is 8.77. The van der Waals surface area contributed by atoms with E-state index in [1.165, 1.54) is 5.56 Å². The minimum atomic E-state index is -0.288. The Kier molecular flexibility index (Phi) is 5.46. The van der Waals surface area contributed by atoms with Gasteiger partial charge in [-0.15, -0.1) is 5.10 Å². The Labute approximate surface area is 153 Å². The third kappa shape index (κ3) is 4.36. The van der Waals surface area contributed by atoms with Crippen LogP contribution in [0.1, 0.15) is 54.7 Å². The molecule has 1 heterocycles. The predicted molar refractivity (Wildman–Crippen MR) is 101 cm³/mol. The van der Waals surface area contributed by atoms with E-state index < -0.39 is 0 Å². The molecule has 0 amide bonds. The van der Waals surface area contributed by atoms with E-state index in [-0.39, 0.29) is 24.1 Å². The number of carbonyl (C=O) groups is 1. The normalized spacial score (nSPS) is 12.3. The zero-order valence-electron chi connectivity index (χ0n) is 15.1. The van der Waals surface area contributed by atoms with Crippen LogP contribution in [0.5, 0.6) is 0 Å². The molecule has 2 aromatic carbocycles. The Bertz CT molecular complexity index is 854. The lowest BCUT2D eigenvalue weighted by atomic mass is 9.91. The highest BCUT2D eigenvalue weighted by Crippen LogP contribution is 2.28. The van der Waals surface area contributed by atoms with Gasteiger partial charge in [0, 0.05) is 12.8 Å². The van der Waals surface area contributed by atoms with Crippen molar-refractivity contribution < 1.29 is 9.21 Å². The number of nitrogens with zero attached hydrogens (tertiary/aromatic N) is 2. The second-order valence-electron chi connectivity index (χ2n) is 6.76. The van der Waals surface area contributed by atoms with Gasteiger partial charge in [-0.25, -0.2) is 0 Å². The summed E-state index contributed by atoms with van der Waals surface area (Å²) in [5, 5.41) is 7.72. The Morgan fingerprint density at radius 2 is 1.69 bits per heavy atom. The van der Waals surface area contributed by atoms with Gasteiger partial charge in [0.05, 0.1) is 5.92 Å². The van der Waals surface area contributed by atoms with E-state index in [1.54, 1.807) is 0 Å². The maximum atomic E-state index is 12.7. The van der Waals surface area contributed by atoms with E-state index >= 15 is 0 Å². The number of aromatic nitrogens is 2. The van der Waals surface area contributed by atoms with Crippen molar-refractivity contribution in [2.75, 3.05) is 5.73 Å². The highest BCUT2D eigenvalue weighted by atomic mass is 16.4. The highest BCUT2D eigenvalue weighted by Gasteiger charge is 2.23. The monoisotopic (exact) mass is 349 g/mol. The van der Waals surface area contributed by atoms with Crippen molar-refractivity contribution in [2.45, 2.75) is 38.5 Å². The average Bonchev–Trinajstić information content (AvgIpc) is 3.07. The first kappa shape index (κ1) is 17.9. The van der Waals surface area contributed by atoms with Crippen LogP contribution in [-0.2, 0) is 11.2 Å². The van der Waals surface area contributed by atoms with E-state index in [2.05, 4.69) is 36.2 Å². The number of nitrogen functional groups attached to an aromatic ring is 1. The zero-order chi connectivity index (χ0) is 18.5. The van der Waals surface area contributed by atoms with Crippen LogP contribution in [0.25, 0.3) is 0 Å². The van der Waals surface area contributed by atoms with E-state index in [1.807, 2.05) is 42.5 Å². The molecule has 0 spiro atoms. The van der Waals surface area contributed by atoms with Crippen LogP contribution >= 0.6 is 0 Å². The molecular weight excluding hydrogens is 326 g/mol. The van der Waals surface area contributed by atoms with Crippen molar-refractivity contribution in [1.82, 2.24) is 10.2 Å². The van der Waals surface area contributed by atoms with Gasteiger partial charge in [0.1, 0.15) is 5.78 Å². The first-order valence-corrected chi connectivity index (χ1v) is 8.77. The summed E-state index contributed by atoms with van der Waals surface area (Å²) in [5.74, 6) is 0.679. The van der Waals surface area contributed by atoms with Crippen LogP contribution in [-0.4, -0.2) is 16.0 Å². The molecule has 0 radical (unpaired) electrons. The van der Waals surface area contributed by atoms with Crippen LogP contribution in [0.15, 0.2) is 59.0 Å². The summed E-state index contributed by atoms with van der Waals surface area (Å²) in [7, 11) is 0. The van der Waals surface area contributed by atoms with E-state index in [0.717, 1.165) is 11.1 Å². The third-order valence-corrected chi connectivity index (χ3v) is 4.44. The topological polar surface area (TPSA) is 82.0 Å². The maximum absolute atomic E-state index is 12.7. The SMILES string of the molecule is CC(C)c1ccc(CC(=O)C[C@@H](c2ccccc2)c2nnc(N)o2)cc1. The lowest BCUT2D eigenvalue weighted by Gasteiger charge is -2.13. The van der Waals surface area contributed by atoms with Crippen LogP contribution in [0.3, 0.4) is 0 Å². The van der Waals surface area contributed by atoms with E-state index in [0.29, 0.717) is 18.2 Å². The Hall–Kier alpha value is -2.95. The molecule has 0 aliphatic carbocycles. The third-order valence-electron chi connectivity index (χ3n) is 4.44. The van der Waals surface area contributed by atoms with Crippen LogP contribution in [0, 0.1) is 0 Å². The van der Waals surface area contributed by atoms with Gasteiger partial charge < -0.3 is 10.2 Å². The maximum Gasteiger partial charge on any atom is 0.312 e. The predicted octanol–water partition coefficient (Wildman–Crippen LogP) is 4.11. The summed E-state index contributed by atoms with van der Waals surface area (Å²) in [6, 6.07) is 17.9. The Balaban J connectivity index is 1.75. The molecule has 134 valence electrons. The molecule has 5 nitrogen and oxygen atoms in total. The molecule has 0 aliphatic heterocycles. The molecular formula is C21H23N3O2. The molecule has 2 N–H and O–H groups in total. The molecule has 0 unspecified atom stereocenters. The quantitative estimate of drug-likeness (QED) is 0.694. The number of carbonyl (C=O) groups excluding carboxylic acids is 1. The van der Waals surface area contributed by atoms with Crippen molar-refractivity contribution in [3.63, 3.8) is 0 Å². The van der Waals surface area contributed by atoms with Gasteiger partial charge in [0.2, 0.25) is 5.89 Å². The fourth-order valence-electron chi connectivity index (χ4n) is 2.97. The molecule has 1 atom stereocenters. The summed E-state index contributed by atoms with van der Waals surface area (Å²) >= 11 is 0. The molecule has 0 fully saturated rings. The smallest absolute Gasteiger partial charge is 0.312 e. The van der Waals surface area contributed by atoms with Crippen LogP contribution in [0.4, 0.5) is 6.01 Å². The number of anilines is 1. The standard InChI is InChI=1S/C21H23N3O2/c1-14(2)16-10-8-15(9-11-16)12-18(25)13-19(17-6-4-3-5-7-17)20-23-24-21(22)26-20/h3-11,14,19H,12-13H2,1-2H3,(H2,22,24)/t19-/m0/s1. The number of nitrogens with two attached hydrogens (primary N) is 1. The summed E-state index contributed by atoms with van der Waals surface area (Å²) in [6.07, 6.45) is 0.670. The Morgan fingerprint density at radius 1 is 1.00 bits per heavy atom. The van der Waals surface area contributed by atoms with Gasteiger partial charge in [0.25, 0.3) is 0 Å². The zero-order valence-corrected chi connectivity index (χ0v) is 15.1. The molecule has 0 saturated heterocycles. The second kappa shape index (κ2) is 7.95. The summed E-state index contributed by atoms with van der Waals surface area (Å²) in [6.45, 7) is 4.31. The van der Waals surface area contributed by atoms with Crippen molar-refractivity contribution in [2.24, 2.45) is 0 Å². The number of ketones is 1. The van der Waals surface area contributed by atoms with Crippen molar-refractivity contribution in [3.05, 3.63) is 77.2 Å². The number of hydrogen-bond donors (Lipinski definition) is 1. The van der Waals surface area contributed by atoms with Gasteiger partial charge in [-0.2, -0.15) is 0 Å².